The molecule has 3 aromatic rings. The zero-order valence-electron chi connectivity index (χ0n) is 19.9. The first kappa shape index (κ1) is 27.2. The first-order valence-electron chi connectivity index (χ1n) is 11.2. The van der Waals surface area contributed by atoms with Crippen LogP contribution in [0.5, 0.6) is 11.5 Å². The molecule has 0 aromatic heterocycles. The molecular weight excluding hydrogens is 528 g/mol. The number of rotatable bonds is 8. The van der Waals surface area contributed by atoms with Gasteiger partial charge >= 0.3 is 24.2 Å². The minimum atomic E-state index is -2.62. The number of amides is 2. The minimum absolute atomic E-state index is 0.195. The van der Waals surface area contributed by atoms with Crippen LogP contribution in [0.2, 0.25) is 0 Å². The van der Waals surface area contributed by atoms with Crippen molar-refractivity contribution < 1.29 is 45.4 Å². The summed E-state index contributed by atoms with van der Waals surface area (Å²) < 4.78 is 85.2. The van der Waals surface area contributed by atoms with Crippen LogP contribution in [-0.4, -0.2) is 11.8 Å². The molecule has 5 nitrogen and oxygen atoms in total. The zero-order chi connectivity index (χ0) is 28.3. The first-order valence-corrected chi connectivity index (χ1v) is 11.2. The highest BCUT2D eigenvalue weighted by Crippen LogP contribution is 2.41. The molecule has 0 radical (unpaired) electrons. The standard InChI is InChI=1S/C28H17F6NO4/c1-28(17-4-10-20(11-5-17)38-26(33)24(29)30,18-6-12-21(13-7-18)39-27(34)25(31)32)16-2-8-19(9-3-16)35-22(36)14-15-23(35)37/h2-15H,1H3. The molecule has 0 N–H and O–H groups in total. The summed E-state index contributed by atoms with van der Waals surface area (Å²) in [5.41, 5.74) is 1.06. The normalized spacial score (nSPS) is 12.9. The molecule has 0 saturated heterocycles. The van der Waals surface area contributed by atoms with Gasteiger partial charge in [0, 0.05) is 17.6 Å². The Balaban J connectivity index is 1.75. The Morgan fingerprint density at radius 1 is 0.590 bits per heavy atom. The monoisotopic (exact) mass is 545 g/mol. The highest BCUT2D eigenvalue weighted by atomic mass is 19.3. The Morgan fingerprint density at radius 3 is 1.26 bits per heavy atom. The van der Waals surface area contributed by atoms with Crippen molar-refractivity contribution in [3.05, 3.63) is 126 Å². The van der Waals surface area contributed by atoms with Crippen molar-refractivity contribution in [3.63, 3.8) is 0 Å². The fourth-order valence-corrected chi connectivity index (χ4v) is 4.10. The summed E-state index contributed by atoms with van der Waals surface area (Å²) in [6, 6.07) is 13.5. The van der Waals surface area contributed by atoms with Crippen molar-refractivity contribution in [1.82, 2.24) is 0 Å². The lowest BCUT2D eigenvalue weighted by Crippen LogP contribution is -2.30. The van der Waals surface area contributed by atoms with E-state index in [1.54, 1.807) is 31.2 Å². The van der Waals surface area contributed by atoms with Crippen LogP contribution in [0.4, 0.5) is 32.0 Å². The maximum Gasteiger partial charge on any atom is 0.344 e. The predicted molar refractivity (Wildman–Crippen MR) is 128 cm³/mol. The lowest BCUT2D eigenvalue weighted by Gasteiger charge is -2.32. The number of halogens is 6. The molecule has 0 saturated carbocycles. The number of hydrogen-bond donors (Lipinski definition) is 0. The maximum atomic E-state index is 13.2. The highest BCUT2D eigenvalue weighted by molar-refractivity contribution is 6.28. The third-order valence-electron chi connectivity index (χ3n) is 6.09. The number of carbonyl (C=O) groups is 2. The van der Waals surface area contributed by atoms with Gasteiger partial charge in [-0.15, -0.1) is 0 Å². The molecule has 39 heavy (non-hydrogen) atoms. The Hall–Kier alpha value is -4.80. The molecule has 0 spiro atoms. The second-order valence-corrected chi connectivity index (χ2v) is 8.34. The molecule has 3 aromatic carbocycles. The second-order valence-electron chi connectivity index (χ2n) is 8.34. The van der Waals surface area contributed by atoms with E-state index in [1.807, 2.05) is 0 Å². The fraction of sp³-hybridized carbons (Fsp3) is 0.0714. The molecule has 0 atom stereocenters. The van der Waals surface area contributed by atoms with Gasteiger partial charge in [0.25, 0.3) is 11.8 Å². The summed E-state index contributed by atoms with van der Waals surface area (Å²) in [6.07, 6.45) is -2.94. The summed E-state index contributed by atoms with van der Waals surface area (Å²) in [4.78, 5) is 25.1. The lowest BCUT2D eigenvalue weighted by atomic mass is 9.71. The van der Waals surface area contributed by atoms with Crippen LogP contribution < -0.4 is 14.4 Å². The van der Waals surface area contributed by atoms with Crippen molar-refractivity contribution in [2.45, 2.75) is 12.3 Å². The van der Waals surface area contributed by atoms with Gasteiger partial charge in [-0.05, 0) is 60.0 Å². The third kappa shape index (κ3) is 5.57. The molecular formula is C28H17F6NO4. The number of benzene rings is 3. The molecule has 200 valence electrons. The molecule has 0 aliphatic carbocycles. The Morgan fingerprint density at radius 2 is 0.923 bits per heavy atom. The van der Waals surface area contributed by atoms with Gasteiger partial charge < -0.3 is 9.47 Å². The minimum Gasteiger partial charge on any atom is -0.428 e. The average Bonchev–Trinajstić information content (AvgIpc) is 3.26. The van der Waals surface area contributed by atoms with Gasteiger partial charge in [-0.25, -0.2) is 4.90 Å². The predicted octanol–water partition coefficient (Wildman–Crippen LogP) is 7.30. The number of hydrogen-bond acceptors (Lipinski definition) is 4. The van der Waals surface area contributed by atoms with Gasteiger partial charge in [-0.1, -0.05) is 36.4 Å². The van der Waals surface area contributed by atoms with Crippen molar-refractivity contribution in [3.8, 4) is 11.5 Å². The van der Waals surface area contributed by atoms with E-state index in [-0.39, 0.29) is 11.5 Å². The van der Waals surface area contributed by atoms with E-state index < -0.39 is 41.4 Å². The number of nitrogens with zero attached hydrogens (tertiary/aromatic N) is 1. The molecule has 2 amide bonds. The van der Waals surface area contributed by atoms with Gasteiger partial charge in [0.2, 0.25) is 0 Å². The van der Waals surface area contributed by atoms with E-state index in [0.29, 0.717) is 22.4 Å². The summed E-state index contributed by atoms with van der Waals surface area (Å²) in [5.74, 6) is -1.39. The van der Waals surface area contributed by atoms with Crippen molar-refractivity contribution in [2.24, 2.45) is 0 Å². The van der Waals surface area contributed by atoms with E-state index >= 15 is 0 Å². The van der Waals surface area contributed by atoms with E-state index in [0.717, 1.165) is 17.1 Å². The van der Waals surface area contributed by atoms with Crippen LogP contribution in [0.3, 0.4) is 0 Å². The molecule has 1 heterocycles. The van der Waals surface area contributed by atoms with Gasteiger partial charge in [-0.2, -0.15) is 26.3 Å². The van der Waals surface area contributed by atoms with E-state index in [2.05, 4.69) is 9.47 Å². The van der Waals surface area contributed by atoms with E-state index in [4.69, 9.17) is 0 Å². The quantitative estimate of drug-likeness (QED) is 0.129. The fourth-order valence-electron chi connectivity index (χ4n) is 4.10. The van der Waals surface area contributed by atoms with Crippen LogP contribution >= 0.6 is 0 Å². The average molecular weight is 545 g/mol. The Bertz CT molecular complexity index is 1400. The van der Waals surface area contributed by atoms with E-state index in [9.17, 15) is 35.9 Å². The summed E-state index contributed by atoms with van der Waals surface area (Å²) in [6.45, 7) is 1.78. The van der Waals surface area contributed by atoms with Crippen molar-refractivity contribution in [1.29, 1.82) is 0 Å². The SMILES string of the molecule is CC(c1ccc(OC(F)=C(F)F)cc1)(c1ccc(OC(F)=C(F)F)cc1)c1ccc(N2C(=O)C=CC2=O)cc1. The lowest BCUT2D eigenvalue weighted by molar-refractivity contribution is -0.119. The molecule has 1 aliphatic heterocycles. The smallest absolute Gasteiger partial charge is 0.344 e. The summed E-state index contributed by atoms with van der Waals surface area (Å²) >= 11 is 0. The second kappa shape index (κ2) is 10.9. The number of anilines is 1. The Labute approximate surface area is 217 Å². The summed E-state index contributed by atoms with van der Waals surface area (Å²) in [7, 11) is 0. The maximum absolute atomic E-state index is 13.2. The summed E-state index contributed by atoms with van der Waals surface area (Å²) in [5, 5.41) is 0. The van der Waals surface area contributed by atoms with Crippen LogP contribution in [0.25, 0.3) is 0 Å². The van der Waals surface area contributed by atoms with Gasteiger partial charge in [-0.3, -0.25) is 9.59 Å². The number of carbonyl (C=O) groups excluding carboxylic acids is 2. The van der Waals surface area contributed by atoms with Gasteiger partial charge in [0.05, 0.1) is 5.69 Å². The van der Waals surface area contributed by atoms with Crippen LogP contribution in [0.1, 0.15) is 23.6 Å². The van der Waals surface area contributed by atoms with E-state index in [1.165, 1.54) is 48.5 Å². The highest BCUT2D eigenvalue weighted by Gasteiger charge is 2.32. The largest absolute Gasteiger partial charge is 0.428 e. The van der Waals surface area contributed by atoms with Gasteiger partial charge in [0.1, 0.15) is 11.5 Å². The molecule has 11 heteroatoms. The molecule has 0 bridgehead atoms. The van der Waals surface area contributed by atoms with Crippen molar-refractivity contribution in [2.75, 3.05) is 4.90 Å². The van der Waals surface area contributed by atoms with Gasteiger partial charge in [0.15, 0.2) is 0 Å². The number of ether oxygens (including phenoxy) is 2. The van der Waals surface area contributed by atoms with Crippen LogP contribution in [0.15, 0.2) is 109 Å². The first-order chi connectivity index (χ1) is 18.5. The zero-order valence-corrected chi connectivity index (χ0v) is 19.9. The molecule has 4 rings (SSSR count). The number of imide groups is 1. The van der Waals surface area contributed by atoms with Crippen LogP contribution in [-0.2, 0) is 15.0 Å². The molecule has 1 aliphatic rings. The molecule has 0 unspecified atom stereocenters. The molecule has 0 fully saturated rings. The Kier molecular flexibility index (Phi) is 7.61. The third-order valence-corrected chi connectivity index (χ3v) is 6.09. The topological polar surface area (TPSA) is 55.8 Å². The van der Waals surface area contributed by atoms with Crippen LogP contribution in [0, 0.1) is 0 Å². The van der Waals surface area contributed by atoms with Crippen molar-refractivity contribution >= 4 is 17.5 Å².